The molecule has 134 valence electrons. The fourth-order valence-corrected chi connectivity index (χ4v) is 2.58. The Morgan fingerprint density at radius 2 is 1.76 bits per heavy atom. The van der Waals surface area contributed by atoms with Crippen LogP contribution in [0.5, 0.6) is 17.2 Å². The molecule has 0 heterocycles. The van der Waals surface area contributed by atoms with Crippen LogP contribution in [0.25, 0.3) is 0 Å². The highest BCUT2D eigenvalue weighted by Crippen LogP contribution is 2.35. The molecule has 0 radical (unpaired) electrons. The van der Waals surface area contributed by atoms with Crippen LogP contribution in [0.4, 0.5) is 5.69 Å². The molecular formula is C19H22ClNO4. The molecule has 0 saturated carbocycles. The summed E-state index contributed by atoms with van der Waals surface area (Å²) >= 11 is 6.07. The van der Waals surface area contributed by atoms with Crippen molar-refractivity contribution in [1.82, 2.24) is 0 Å². The van der Waals surface area contributed by atoms with Crippen molar-refractivity contribution in [1.29, 1.82) is 0 Å². The number of amides is 1. The van der Waals surface area contributed by atoms with Crippen LogP contribution in [0, 0.1) is 0 Å². The van der Waals surface area contributed by atoms with Gasteiger partial charge in [-0.05, 0) is 31.0 Å². The average Bonchev–Trinajstić information content (AvgIpc) is 2.62. The molecule has 1 N–H and O–H groups in total. The molecule has 2 rings (SSSR count). The lowest BCUT2D eigenvalue weighted by atomic mass is 10.1. The molecule has 25 heavy (non-hydrogen) atoms. The Hall–Kier alpha value is -2.40. The number of hydrogen-bond acceptors (Lipinski definition) is 4. The van der Waals surface area contributed by atoms with E-state index in [1.807, 2.05) is 31.2 Å². The van der Waals surface area contributed by atoms with Gasteiger partial charge < -0.3 is 19.5 Å². The second kappa shape index (κ2) is 9.18. The van der Waals surface area contributed by atoms with E-state index in [0.717, 1.165) is 11.3 Å². The summed E-state index contributed by atoms with van der Waals surface area (Å²) in [6, 6.07) is 11.0. The Kier molecular flexibility index (Phi) is 6.95. The molecule has 2 aromatic carbocycles. The Morgan fingerprint density at radius 1 is 1.08 bits per heavy atom. The van der Waals surface area contributed by atoms with E-state index >= 15 is 0 Å². The highest BCUT2D eigenvalue weighted by atomic mass is 35.5. The number of hydrogen-bond donors (Lipinski definition) is 1. The Bertz CT molecular complexity index is 716. The molecule has 0 spiro atoms. The number of carbonyl (C=O) groups is 1. The van der Waals surface area contributed by atoms with Crippen molar-refractivity contribution in [3.05, 3.63) is 47.0 Å². The predicted molar refractivity (Wildman–Crippen MR) is 99.1 cm³/mol. The first-order chi connectivity index (χ1) is 12.1. The van der Waals surface area contributed by atoms with Crippen LogP contribution in [-0.4, -0.2) is 26.7 Å². The SMILES string of the molecule is CCOc1ccc(CCC(=O)Nc2cc(OC)c(Cl)cc2OC)cc1. The van der Waals surface area contributed by atoms with Crippen LogP contribution in [0.2, 0.25) is 5.02 Å². The molecule has 0 atom stereocenters. The Labute approximate surface area is 152 Å². The molecule has 0 aliphatic rings. The van der Waals surface area contributed by atoms with Gasteiger partial charge in [0, 0.05) is 18.6 Å². The van der Waals surface area contributed by atoms with Crippen LogP contribution in [0.3, 0.4) is 0 Å². The van der Waals surface area contributed by atoms with Gasteiger partial charge in [0.25, 0.3) is 0 Å². The first-order valence-electron chi connectivity index (χ1n) is 8.00. The number of halogens is 1. The van der Waals surface area contributed by atoms with Crippen LogP contribution in [0.15, 0.2) is 36.4 Å². The van der Waals surface area contributed by atoms with Crippen LogP contribution in [-0.2, 0) is 11.2 Å². The summed E-state index contributed by atoms with van der Waals surface area (Å²) in [4.78, 5) is 12.2. The summed E-state index contributed by atoms with van der Waals surface area (Å²) in [6.07, 6.45) is 0.980. The highest BCUT2D eigenvalue weighted by molar-refractivity contribution is 6.32. The third-order valence-corrected chi connectivity index (χ3v) is 3.92. The fourth-order valence-electron chi connectivity index (χ4n) is 2.35. The Morgan fingerprint density at radius 3 is 2.36 bits per heavy atom. The minimum absolute atomic E-state index is 0.114. The molecule has 6 heteroatoms. The summed E-state index contributed by atoms with van der Waals surface area (Å²) in [7, 11) is 3.04. The van der Waals surface area contributed by atoms with E-state index in [-0.39, 0.29) is 5.91 Å². The van der Waals surface area contributed by atoms with E-state index in [4.69, 9.17) is 25.8 Å². The molecule has 2 aromatic rings. The average molecular weight is 364 g/mol. The maximum Gasteiger partial charge on any atom is 0.224 e. The molecule has 0 aliphatic carbocycles. The van der Waals surface area contributed by atoms with E-state index < -0.39 is 0 Å². The van der Waals surface area contributed by atoms with Gasteiger partial charge in [-0.2, -0.15) is 0 Å². The topological polar surface area (TPSA) is 56.8 Å². The van der Waals surface area contributed by atoms with Gasteiger partial charge in [0.15, 0.2) is 0 Å². The van der Waals surface area contributed by atoms with Crippen LogP contribution in [0.1, 0.15) is 18.9 Å². The quantitative estimate of drug-likeness (QED) is 0.758. The number of aryl methyl sites for hydroxylation is 1. The third kappa shape index (κ3) is 5.29. The van der Waals surface area contributed by atoms with Crippen molar-refractivity contribution in [2.24, 2.45) is 0 Å². The number of benzene rings is 2. The summed E-state index contributed by atoms with van der Waals surface area (Å²) < 4.78 is 15.8. The lowest BCUT2D eigenvalue weighted by molar-refractivity contribution is -0.116. The molecule has 0 aromatic heterocycles. The van der Waals surface area contributed by atoms with Gasteiger partial charge in [0.05, 0.1) is 31.5 Å². The van der Waals surface area contributed by atoms with Crippen molar-refractivity contribution in [3.63, 3.8) is 0 Å². The van der Waals surface area contributed by atoms with Gasteiger partial charge in [-0.15, -0.1) is 0 Å². The molecular weight excluding hydrogens is 342 g/mol. The van der Waals surface area contributed by atoms with Crippen LogP contribution < -0.4 is 19.5 Å². The molecule has 5 nitrogen and oxygen atoms in total. The molecule has 0 saturated heterocycles. The monoisotopic (exact) mass is 363 g/mol. The van der Waals surface area contributed by atoms with E-state index in [1.165, 1.54) is 14.2 Å². The zero-order valence-corrected chi connectivity index (χ0v) is 15.4. The maximum atomic E-state index is 12.2. The second-order valence-electron chi connectivity index (χ2n) is 5.31. The lowest BCUT2D eigenvalue weighted by Gasteiger charge is -2.13. The third-order valence-electron chi connectivity index (χ3n) is 3.62. The molecule has 0 fully saturated rings. The van der Waals surface area contributed by atoms with Crippen molar-refractivity contribution < 1.29 is 19.0 Å². The van der Waals surface area contributed by atoms with E-state index in [2.05, 4.69) is 5.32 Å². The first kappa shape index (κ1) is 18.9. The molecule has 0 aliphatic heterocycles. The normalized spacial score (nSPS) is 10.2. The minimum atomic E-state index is -0.114. The number of ether oxygens (including phenoxy) is 3. The van der Waals surface area contributed by atoms with E-state index in [1.54, 1.807) is 12.1 Å². The number of rotatable bonds is 8. The Balaban J connectivity index is 1.98. The van der Waals surface area contributed by atoms with Gasteiger partial charge >= 0.3 is 0 Å². The summed E-state index contributed by atoms with van der Waals surface area (Å²) in [5, 5.41) is 3.26. The van der Waals surface area contributed by atoms with E-state index in [0.29, 0.717) is 41.7 Å². The smallest absolute Gasteiger partial charge is 0.224 e. The largest absolute Gasteiger partial charge is 0.495 e. The van der Waals surface area contributed by atoms with Gasteiger partial charge in [0.1, 0.15) is 17.2 Å². The molecule has 1 amide bonds. The number of carbonyl (C=O) groups excluding carboxylic acids is 1. The number of nitrogens with one attached hydrogen (secondary N) is 1. The fraction of sp³-hybridized carbons (Fsp3) is 0.316. The van der Waals surface area contributed by atoms with Gasteiger partial charge in [-0.25, -0.2) is 0 Å². The number of methoxy groups -OCH3 is 2. The maximum absolute atomic E-state index is 12.2. The van der Waals surface area contributed by atoms with E-state index in [9.17, 15) is 4.79 Å². The molecule has 0 bridgehead atoms. The zero-order chi connectivity index (χ0) is 18.2. The predicted octanol–water partition coefficient (Wildman–Crippen LogP) is 4.33. The van der Waals surface area contributed by atoms with Crippen molar-refractivity contribution in [3.8, 4) is 17.2 Å². The standard InChI is InChI=1S/C19H22ClNO4/c1-4-25-14-8-5-13(6-9-14)7-10-19(22)21-16-12-17(23-2)15(20)11-18(16)24-3/h5-6,8-9,11-12H,4,7,10H2,1-3H3,(H,21,22). The first-order valence-corrected chi connectivity index (χ1v) is 8.38. The second-order valence-corrected chi connectivity index (χ2v) is 5.72. The molecule has 0 unspecified atom stereocenters. The summed E-state index contributed by atoms with van der Waals surface area (Å²) in [5.74, 6) is 1.68. The van der Waals surface area contributed by atoms with Crippen LogP contribution >= 0.6 is 11.6 Å². The van der Waals surface area contributed by atoms with Crippen molar-refractivity contribution >= 4 is 23.2 Å². The summed E-state index contributed by atoms with van der Waals surface area (Å²) in [6.45, 7) is 2.58. The summed E-state index contributed by atoms with van der Waals surface area (Å²) in [5.41, 5.74) is 1.60. The van der Waals surface area contributed by atoms with Crippen molar-refractivity contribution in [2.75, 3.05) is 26.1 Å². The minimum Gasteiger partial charge on any atom is -0.495 e. The lowest BCUT2D eigenvalue weighted by Crippen LogP contribution is -2.13. The van der Waals surface area contributed by atoms with Gasteiger partial charge in [-0.3, -0.25) is 4.79 Å². The number of anilines is 1. The van der Waals surface area contributed by atoms with Gasteiger partial charge in [0.2, 0.25) is 5.91 Å². The van der Waals surface area contributed by atoms with Crippen molar-refractivity contribution in [2.45, 2.75) is 19.8 Å². The zero-order valence-electron chi connectivity index (χ0n) is 14.6. The van der Waals surface area contributed by atoms with Gasteiger partial charge in [-0.1, -0.05) is 23.7 Å². The highest BCUT2D eigenvalue weighted by Gasteiger charge is 2.12.